The SMILES string of the molecule is O=C(NC[C@@H](Cc1cc(-c2[nH]c3c(c2Nc2ccccc2Cl)C(=O)NCC3)ccn1)c1ccc(F)cc1)c1ccccc1O. The molecule has 0 saturated heterocycles. The molecule has 0 bridgehead atoms. The van der Waals surface area contributed by atoms with Gasteiger partial charge in [-0.1, -0.05) is 48.0 Å². The van der Waals surface area contributed by atoms with Crippen molar-refractivity contribution in [1.82, 2.24) is 20.6 Å². The van der Waals surface area contributed by atoms with Gasteiger partial charge in [-0.25, -0.2) is 4.39 Å². The fourth-order valence-electron chi connectivity index (χ4n) is 5.44. The number of amides is 2. The quantitative estimate of drug-likeness (QED) is 0.133. The Hall–Kier alpha value is -5.15. The highest BCUT2D eigenvalue weighted by molar-refractivity contribution is 6.33. The Morgan fingerprint density at radius 3 is 2.61 bits per heavy atom. The van der Waals surface area contributed by atoms with Gasteiger partial charge in [0, 0.05) is 48.6 Å². The second-order valence-electron chi connectivity index (χ2n) is 10.6. The van der Waals surface area contributed by atoms with Gasteiger partial charge in [0.2, 0.25) is 0 Å². The summed E-state index contributed by atoms with van der Waals surface area (Å²) >= 11 is 6.46. The molecule has 1 aliphatic rings. The molecule has 2 aromatic heterocycles. The number of nitrogens with zero attached hydrogens (tertiary/aromatic N) is 1. The topological polar surface area (TPSA) is 119 Å². The predicted octanol–water partition coefficient (Wildman–Crippen LogP) is 6.36. The monoisotopic (exact) mass is 609 g/mol. The van der Waals surface area contributed by atoms with Crippen LogP contribution in [-0.4, -0.2) is 40.0 Å². The summed E-state index contributed by atoms with van der Waals surface area (Å²) in [5, 5.41) is 19.8. The zero-order valence-corrected chi connectivity index (χ0v) is 24.3. The molecule has 3 heterocycles. The second-order valence-corrected chi connectivity index (χ2v) is 11.0. The number of fused-ring (bicyclic) bond motifs is 1. The van der Waals surface area contributed by atoms with Gasteiger partial charge in [-0.15, -0.1) is 0 Å². The lowest BCUT2D eigenvalue weighted by Crippen LogP contribution is -2.31. The maximum atomic E-state index is 13.8. The van der Waals surface area contributed by atoms with Gasteiger partial charge in [0.1, 0.15) is 11.6 Å². The van der Waals surface area contributed by atoms with E-state index in [1.807, 2.05) is 30.3 Å². The van der Waals surface area contributed by atoms with E-state index in [2.05, 4.69) is 25.9 Å². The van der Waals surface area contributed by atoms with Crippen molar-refractivity contribution >= 4 is 34.8 Å². The first-order valence-electron chi connectivity index (χ1n) is 14.2. The van der Waals surface area contributed by atoms with Crippen LogP contribution < -0.4 is 16.0 Å². The fraction of sp³-hybridized carbons (Fsp3) is 0.147. The number of carbonyl (C=O) groups excluding carboxylic acids is 2. The van der Waals surface area contributed by atoms with Gasteiger partial charge in [-0.2, -0.15) is 0 Å². The number of carbonyl (C=O) groups is 2. The third kappa shape index (κ3) is 6.14. The van der Waals surface area contributed by atoms with E-state index < -0.39 is 5.91 Å². The largest absolute Gasteiger partial charge is 0.507 e. The fourth-order valence-corrected chi connectivity index (χ4v) is 5.62. The number of rotatable bonds is 9. The third-order valence-corrected chi connectivity index (χ3v) is 7.99. The minimum Gasteiger partial charge on any atom is -0.507 e. The summed E-state index contributed by atoms with van der Waals surface area (Å²) in [6, 6.07) is 23.6. The zero-order valence-electron chi connectivity index (χ0n) is 23.5. The van der Waals surface area contributed by atoms with E-state index in [4.69, 9.17) is 11.6 Å². The molecule has 0 spiro atoms. The first kappa shape index (κ1) is 28.9. The average Bonchev–Trinajstić information content (AvgIpc) is 3.40. The Labute approximate surface area is 258 Å². The van der Waals surface area contributed by atoms with E-state index in [0.717, 1.165) is 28.2 Å². The smallest absolute Gasteiger partial charge is 0.255 e. The van der Waals surface area contributed by atoms with Crippen LogP contribution in [0.15, 0.2) is 91.1 Å². The molecule has 1 atom stereocenters. The molecular weight excluding hydrogens is 581 g/mol. The highest BCUT2D eigenvalue weighted by Crippen LogP contribution is 2.38. The maximum Gasteiger partial charge on any atom is 0.255 e. The van der Waals surface area contributed by atoms with Crippen LogP contribution in [0.2, 0.25) is 5.02 Å². The summed E-state index contributed by atoms with van der Waals surface area (Å²) in [4.78, 5) is 33.9. The Morgan fingerprint density at radius 1 is 1.05 bits per heavy atom. The number of para-hydroxylation sites is 2. The van der Waals surface area contributed by atoms with Gasteiger partial charge >= 0.3 is 0 Å². The van der Waals surface area contributed by atoms with Crippen molar-refractivity contribution in [2.24, 2.45) is 0 Å². The molecule has 5 aromatic rings. The normalized spacial score (nSPS) is 13.1. The predicted molar refractivity (Wildman–Crippen MR) is 168 cm³/mol. The number of aromatic amines is 1. The first-order valence-corrected chi connectivity index (χ1v) is 14.6. The molecule has 3 aromatic carbocycles. The van der Waals surface area contributed by atoms with Gasteiger partial charge in [-0.05, 0) is 60.5 Å². The van der Waals surface area contributed by atoms with Gasteiger partial charge in [0.05, 0.1) is 33.2 Å². The molecule has 0 aliphatic carbocycles. The summed E-state index contributed by atoms with van der Waals surface area (Å²) < 4.78 is 13.8. The molecule has 0 unspecified atom stereocenters. The van der Waals surface area contributed by atoms with E-state index in [-0.39, 0.29) is 35.5 Å². The highest BCUT2D eigenvalue weighted by Gasteiger charge is 2.27. The molecular formula is C34H29ClFN5O3. The van der Waals surface area contributed by atoms with E-state index in [9.17, 15) is 19.1 Å². The van der Waals surface area contributed by atoms with E-state index in [1.54, 1.807) is 42.6 Å². The van der Waals surface area contributed by atoms with Gasteiger partial charge in [-0.3, -0.25) is 14.6 Å². The van der Waals surface area contributed by atoms with Crippen LogP contribution in [0.25, 0.3) is 11.3 Å². The Balaban J connectivity index is 1.32. The van der Waals surface area contributed by atoms with Crippen LogP contribution in [0.5, 0.6) is 5.75 Å². The standard InChI is InChI=1S/C34H29ClFN5O3/c35-26-6-2-3-7-27(26)40-32-30-28(14-16-38-34(30)44)41-31(32)21-13-15-37-24(17-21)18-22(20-9-11-23(36)12-10-20)19-39-33(43)25-5-1-4-8-29(25)42/h1-13,15,17,22,40-42H,14,16,18-19H2,(H,38,44)(H,39,43)/t22-/m1/s1. The van der Waals surface area contributed by atoms with Crippen molar-refractivity contribution in [1.29, 1.82) is 0 Å². The Bertz CT molecular complexity index is 1840. The molecule has 222 valence electrons. The van der Waals surface area contributed by atoms with E-state index in [1.165, 1.54) is 18.2 Å². The van der Waals surface area contributed by atoms with Crippen LogP contribution in [0, 0.1) is 5.82 Å². The molecule has 1 aliphatic heterocycles. The van der Waals surface area contributed by atoms with Crippen molar-refractivity contribution in [2.75, 3.05) is 18.4 Å². The van der Waals surface area contributed by atoms with Crippen molar-refractivity contribution in [3.8, 4) is 17.0 Å². The van der Waals surface area contributed by atoms with Crippen molar-refractivity contribution < 1.29 is 19.1 Å². The lowest BCUT2D eigenvalue weighted by Gasteiger charge is -2.19. The summed E-state index contributed by atoms with van der Waals surface area (Å²) in [6.45, 7) is 0.756. The number of halogens is 2. The summed E-state index contributed by atoms with van der Waals surface area (Å²) in [5.74, 6) is -1.31. The lowest BCUT2D eigenvalue weighted by atomic mass is 9.93. The number of H-pyrrole nitrogens is 1. The molecule has 8 nitrogen and oxygen atoms in total. The maximum absolute atomic E-state index is 13.8. The number of benzene rings is 3. The van der Waals surface area contributed by atoms with E-state index in [0.29, 0.717) is 41.3 Å². The number of nitrogens with one attached hydrogen (secondary N) is 4. The minimum atomic E-state index is -0.414. The summed E-state index contributed by atoms with van der Waals surface area (Å²) in [6.07, 6.45) is 2.78. The summed E-state index contributed by atoms with van der Waals surface area (Å²) in [7, 11) is 0. The third-order valence-electron chi connectivity index (χ3n) is 7.66. The number of aromatic nitrogens is 2. The first-order chi connectivity index (χ1) is 21.4. The second kappa shape index (κ2) is 12.6. The molecule has 2 amide bonds. The van der Waals surface area contributed by atoms with Crippen LogP contribution in [0.1, 0.15) is 43.6 Å². The van der Waals surface area contributed by atoms with Crippen LogP contribution >= 0.6 is 11.6 Å². The van der Waals surface area contributed by atoms with Gasteiger partial charge in [0.15, 0.2) is 0 Å². The van der Waals surface area contributed by atoms with Crippen LogP contribution in [0.3, 0.4) is 0 Å². The average molecular weight is 610 g/mol. The number of hydrogen-bond acceptors (Lipinski definition) is 5. The van der Waals surface area contributed by atoms with Crippen molar-refractivity contribution in [3.63, 3.8) is 0 Å². The Kier molecular flexibility index (Phi) is 8.29. The molecule has 5 N–H and O–H groups in total. The van der Waals surface area contributed by atoms with Crippen LogP contribution in [0.4, 0.5) is 15.8 Å². The number of hydrogen-bond donors (Lipinski definition) is 5. The molecule has 6 rings (SSSR count). The van der Waals surface area contributed by atoms with Gasteiger partial charge in [0.25, 0.3) is 11.8 Å². The van der Waals surface area contributed by atoms with Crippen LogP contribution in [-0.2, 0) is 12.8 Å². The number of pyridine rings is 1. The van der Waals surface area contributed by atoms with Crippen molar-refractivity contribution in [3.05, 3.63) is 130 Å². The molecule has 10 heteroatoms. The molecule has 0 fully saturated rings. The van der Waals surface area contributed by atoms with Gasteiger partial charge < -0.3 is 26.0 Å². The molecule has 0 radical (unpaired) electrons. The number of anilines is 2. The highest BCUT2D eigenvalue weighted by atomic mass is 35.5. The molecule has 44 heavy (non-hydrogen) atoms. The number of phenolic OH excluding ortho intramolecular Hbond substituents is 1. The van der Waals surface area contributed by atoms with Crippen molar-refractivity contribution in [2.45, 2.75) is 18.8 Å². The Morgan fingerprint density at radius 2 is 1.82 bits per heavy atom. The number of phenols is 1. The lowest BCUT2D eigenvalue weighted by molar-refractivity contribution is 0.0939. The summed E-state index contributed by atoms with van der Waals surface area (Å²) in [5.41, 5.74) is 5.91. The molecule has 0 saturated carbocycles. The zero-order chi connectivity index (χ0) is 30.6. The number of aromatic hydroxyl groups is 1. The minimum absolute atomic E-state index is 0.110. The van der Waals surface area contributed by atoms with E-state index >= 15 is 0 Å².